The maximum atomic E-state index is 11.8. The fourth-order valence-corrected chi connectivity index (χ4v) is 2.74. The van der Waals surface area contributed by atoms with Gasteiger partial charge in [-0.3, -0.25) is 4.79 Å². The van der Waals surface area contributed by atoms with Gasteiger partial charge < -0.3 is 15.7 Å². The van der Waals surface area contributed by atoms with Crippen molar-refractivity contribution in [1.29, 1.82) is 0 Å². The highest BCUT2D eigenvalue weighted by molar-refractivity contribution is 6.33. The van der Waals surface area contributed by atoms with Crippen molar-refractivity contribution in [2.45, 2.75) is 31.8 Å². The van der Waals surface area contributed by atoms with Crippen molar-refractivity contribution in [1.82, 2.24) is 5.32 Å². The molecule has 2 rings (SSSR count). The van der Waals surface area contributed by atoms with Crippen molar-refractivity contribution in [3.8, 4) is 0 Å². The minimum absolute atomic E-state index is 0.122. The highest BCUT2D eigenvalue weighted by Crippen LogP contribution is 2.23. The van der Waals surface area contributed by atoms with Gasteiger partial charge in [-0.1, -0.05) is 36.6 Å². The zero-order chi connectivity index (χ0) is 14.4. The third-order valence-corrected chi connectivity index (χ3v) is 4.04. The van der Waals surface area contributed by atoms with Gasteiger partial charge in [0.15, 0.2) is 0 Å². The lowest BCUT2D eigenvalue weighted by atomic mass is 9.86. The van der Waals surface area contributed by atoms with Gasteiger partial charge in [0.1, 0.15) is 0 Å². The van der Waals surface area contributed by atoms with Gasteiger partial charge in [-0.25, -0.2) is 0 Å². The number of carbonyl (C=O) groups is 1. The lowest BCUT2D eigenvalue weighted by molar-refractivity contribution is -0.115. The first-order chi connectivity index (χ1) is 9.66. The molecule has 5 heteroatoms. The number of aliphatic hydroxyl groups is 1. The number of rotatable bonds is 5. The molecule has 1 saturated carbocycles. The van der Waals surface area contributed by atoms with E-state index < -0.39 is 0 Å². The molecule has 1 aliphatic rings. The third kappa shape index (κ3) is 4.47. The van der Waals surface area contributed by atoms with E-state index in [2.05, 4.69) is 10.6 Å². The van der Waals surface area contributed by atoms with Gasteiger partial charge in [-0.05, 0) is 30.9 Å². The van der Waals surface area contributed by atoms with Crippen molar-refractivity contribution in [2.24, 2.45) is 5.92 Å². The number of hydrogen-bond acceptors (Lipinski definition) is 3. The summed E-state index contributed by atoms with van der Waals surface area (Å²) in [5.41, 5.74) is 0.624. The summed E-state index contributed by atoms with van der Waals surface area (Å²) in [6.07, 6.45) is 3.93. The summed E-state index contributed by atoms with van der Waals surface area (Å²) in [6, 6.07) is 7.15. The Bertz CT molecular complexity index is 453. The van der Waals surface area contributed by atoms with E-state index in [0.29, 0.717) is 17.3 Å². The second kappa shape index (κ2) is 7.62. The minimum atomic E-state index is -0.233. The first kappa shape index (κ1) is 15.3. The van der Waals surface area contributed by atoms with Crippen molar-refractivity contribution in [3.63, 3.8) is 0 Å². The van der Waals surface area contributed by atoms with Gasteiger partial charge in [0, 0.05) is 6.54 Å². The van der Waals surface area contributed by atoms with Crippen LogP contribution in [0.2, 0.25) is 5.02 Å². The van der Waals surface area contributed by atoms with Crippen molar-refractivity contribution in [3.05, 3.63) is 29.3 Å². The molecule has 0 spiro atoms. The number of para-hydroxylation sites is 1. The quantitative estimate of drug-likeness (QED) is 0.782. The number of amides is 1. The van der Waals surface area contributed by atoms with Crippen LogP contribution in [0.1, 0.15) is 25.7 Å². The zero-order valence-electron chi connectivity index (χ0n) is 11.4. The smallest absolute Gasteiger partial charge is 0.238 e. The molecule has 1 aromatic carbocycles. The van der Waals surface area contributed by atoms with Crippen LogP contribution >= 0.6 is 11.6 Å². The molecule has 0 aliphatic heterocycles. The Morgan fingerprint density at radius 3 is 2.80 bits per heavy atom. The van der Waals surface area contributed by atoms with E-state index in [4.69, 9.17) is 11.6 Å². The van der Waals surface area contributed by atoms with Gasteiger partial charge in [-0.2, -0.15) is 0 Å². The Kier molecular flexibility index (Phi) is 5.83. The predicted octanol–water partition coefficient (Wildman–Crippen LogP) is 2.42. The Hall–Kier alpha value is -1.10. The molecule has 1 aliphatic carbocycles. The van der Waals surface area contributed by atoms with Crippen LogP contribution in [-0.2, 0) is 4.79 Å². The Labute approximate surface area is 124 Å². The van der Waals surface area contributed by atoms with E-state index in [1.54, 1.807) is 12.1 Å². The van der Waals surface area contributed by atoms with Crippen LogP contribution in [0.25, 0.3) is 0 Å². The number of hydrogen-bond donors (Lipinski definition) is 3. The van der Waals surface area contributed by atoms with Crippen LogP contribution in [-0.4, -0.2) is 30.2 Å². The normalized spacial score (nSPS) is 22.5. The first-order valence-corrected chi connectivity index (χ1v) is 7.48. The first-order valence-electron chi connectivity index (χ1n) is 7.10. The molecule has 4 nitrogen and oxygen atoms in total. The molecule has 0 aromatic heterocycles. The maximum Gasteiger partial charge on any atom is 0.238 e. The van der Waals surface area contributed by atoms with E-state index in [1.165, 1.54) is 0 Å². The predicted molar refractivity (Wildman–Crippen MR) is 80.9 cm³/mol. The molecule has 1 fully saturated rings. The molecule has 0 heterocycles. The SMILES string of the molecule is O=C(CNCC1CCCCC1O)Nc1ccccc1Cl. The number of aliphatic hydroxyl groups excluding tert-OH is 1. The molecule has 0 radical (unpaired) electrons. The number of halogens is 1. The fourth-order valence-electron chi connectivity index (χ4n) is 2.55. The van der Waals surface area contributed by atoms with Crippen molar-refractivity contribution < 1.29 is 9.90 Å². The summed E-state index contributed by atoms with van der Waals surface area (Å²) >= 11 is 5.98. The summed E-state index contributed by atoms with van der Waals surface area (Å²) in [4.78, 5) is 11.8. The maximum absolute atomic E-state index is 11.8. The van der Waals surface area contributed by atoms with Crippen LogP contribution in [0.4, 0.5) is 5.69 Å². The third-order valence-electron chi connectivity index (χ3n) is 3.71. The van der Waals surface area contributed by atoms with Gasteiger partial charge in [0.25, 0.3) is 0 Å². The lowest BCUT2D eigenvalue weighted by Crippen LogP contribution is -2.37. The molecule has 0 bridgehead atoms. The van der Waals surface area contributed by atoms with Crippen LogP contribution < -0.4 is 10.6 Å². The molecule has 20 heavy (non-hydrogen) atoms. The fraction of sp³-hybridized carbons (Fsp3) is 0.533. The van der Waals surface area contributed by atoms with Gasteiger partial charge in [0.2, 0.25) is 5.91 Å². The van der Waals surface area contributed by atoms with E-state index in [-0.39, 0.29) is 24.5 Å². The van der Waals surface area contributed by atoms with Gasteiger partial charge in [-0.15, -0.1) is 0 Å². The molecule has 1 aromatic rings. The number of anilines is 1. The molecule has 0 saturated heterocycles. The zero-order valence-corrected chi connectivity index (χ0v) is 12.2. The Morgan fingerprint density at radius 2 is 2.05 bits per heavy atom. The highest BCUT2D eigenvalue weighted by atomic mass is 35.5. The molecular formula is C15H21ClN2O2. The van der Waals surface area contributed by atoms with E-state index >= 15 is 0 Å². The second-order valence-electron chi connectivity index (χ2n) is 5.27. The lowest BCUT2D eigenvalue weighted by Gasteiger charge is -2.27. The van der Waals surface area contributed by atoms with Crippen LogP contribution in [0.15, 0.2) is 24.3 Å². The van der Waals surface area contributed by atoms with Crippen LogP contribution in [0.3, 0.4) is 0 Å². The van der Waals surface area contributed by atoms with E-state index in [0.717, 1.165) is 25.7 Å². The van der Waals surface area contributed by atoms with Crippen LogP contribution in [0.5, 0.6) is 0 Å². The minimum Gasteiger partial charge on any atom is -0.393 e. The van der Waals surface area contributed by atoms with Crippen molar-refractivity contribution in [2.75, 3.05) is 18.4 Å². The summed E-state index contributed by atoms with van der Waals surface area (Å²) < 4.78 is 0. The largest absolute Gasteiger partial charge is 0.393 e. The summed E-state index contributed by atoms with van der Waals surface area (Å²) in [5.74, 6) is 0.139. The molecule has 110 valence electrons. The highest BCUT2D eigenvalue weighted by Gasteiger charge is 2.22. The van der Waals surface area contributed by atoms with Gasteiger partial charge >= 0.3 is 0 Å². The summed E-state index contributed by atoms with van der Waals surface area (Å²) in [7, 11) is 0. The number of carbonyl (C=O) groups excluding carboxylic acids is 1. The number of nitrogens with one attached hydrogen (secondary N) is 2. The van der Waals surface area contributed by atoms with Crippen LogP contribution in [0, 0.1) is 5.92 Å². The number of benzene rings is 1. The topological polar surface area (TPSA) is 61.4 Å². The average Bonchev–Trinajstić information content (AvgIpc) is 2.43. The molecule has 2 atom stereocenters. The molecule has 3 N–H and O–H groups in total. The monoisotopic (exact) mass is 296 g/mol. The summed E-state index contributed by atoms with van der Waals surface area (Å²) in [6.45, 7) is 0.908. The second-order valence-corrected chi connectivity index (χ2v) is 5.68. The molecule has 2 unspecified atom stereocenters. The van der Waals surface area contributed by atoms with Gasteiger partial charge in [0.05, 0.1) is 23.4 Å². The molecular weight excluding hydrogens is 276 g/mol. The van der Waals surface area contributed by atoms with E-state index in [1.807, 2.05) is 12.1 Å². The Morgan fingerprint density at radius 1 is 1.30 bits per heavy atom. The Balaban J connectivity index is 1.71. The van der Waals surface area contributed by atoms with E-state index in [9.17, 15) is 9.90 Å². The standard InChI is InChI=1S/C15H21ClN2O2/c16-12-6-2-3-7-13(12)18-15(20)10-17-9-11-5-1-4-8-14(11)19/h2-3,6-7,11,14,17,19H,1,4-5,8-10H2,(H,18,20). The van der Waals surface area contributed by atoms with Crippen molar-refractivity contribution >= 4 is 23.2 Å². The summed E-state index contributed by atoms with van der Waals surface area (Å²) in [5, 5.41) is 16.3. The average molecular weight is 297 g/mol. The molecule has 1 amide bonds.